The predicted molar refractivity (Wildman–Crippen MR) is 103 cm³/mol. The van der Waals surface area contributed by atoms with E-state index in [0.29, 0.717) is 30.3 Å². The van der Waals surface area contributed by atoms with Crippen LogP contribution in [0.3, 0.4) is 0 Å². The molecule has 5 nitrogen and oxygen atoms in total. The summed E-state index contributed by atoms with van der Waals surface area (Å²) < 4.78 is 33.9. The first kappa shape index (κ1) is 17.3. The van der Waals surface area contributed by atoms with Crippen molar-refractivity contribution in [2.24, 2.45) is 0 Å². The second kappa shape index (κ2) is 7.26. The Morgan fingerprint density at radius 1 is 0.885 bits per heavy atom. The lowest BCUT2D eigenvalue weighted by atomic mass is 10.2. The van der Waals surface area contributed by atoms with Crippen LogP contribution in [0.5, 0.6) is 0 Å². The average Bonchev–Trinajstić information content (AvgIpc) is 3.16. The lowest BCUT2D eigenvalue weighted by Gasteiger charge is -2.24. The molecule has 3 aromatic rings. The van der Waals surface area contributed by atoms with E-state index in [1.807, 2.05) is 60.7 Å². The first-order valence-electron chi connectivity index (χ1n) is 8.36. The first-order chi connectivity index (χ1) is 12.7. The van der Waals surface area contributed by atoms with Crippen molar-refractivity contribution in [2.75, 3.05) is 24.6 Å². The molecule has 0 aliphatic carbocycles. The molecule has 0 radical (unpaired) electrons. The SMILES string of the molecule is O=S(=O)(c1nc(-c2ccccc2)oc1-c1ccccc1)N1CCSCC1. The van der Waals surface area contributed by atoms with Crippen LogP contribution >= 0.6 is 11.8 Å². The molecule has 134 valence electrons. The van der Waals surface area contributed by atoms with Gasteiger partial charge in [0, 0.05) is 35.7 Å². The van der Waals surface area contributed by atoms with Gasteiger partial charge in [-0.2, -0.15) is 21.1 Å². The maximum Gasteiger partial charge on any atom is 0.264 e. The van der Waals surface area contributed by atoms with E-state index in [4.69, 9.17) is 4.42 Å². The number of oxazole rings is 1. The summed E-state index contributed by atoms with van der Waals surface area (Å²) in [6.07, 6.45) is 0. The van der Waals surface area contributed by atoms with Crippen LogP contribution in [0.15, 0.2) is 70.1 Å². The van der Waals surface area contributed by atoms with E-state index in [-0.39, 0.29) is 5.03 Å². The maximum atomic E-state index is 13.2. The van der Waals surface area contributed by atoms with Gasteiger partial charge in [-0.1, -0.05) is 48.5 Å². The molecule has 0 unspecified atom stereocenters. The van der Waals surface area contributed by atoms with Crippen molar-refractivity contribution in [3.05, 3.63) is 60.7 Å². The molecule has 0 amide bonds. The summed E-state index contributed by atoms with van der Waals surface area (Å²) in [4.78, 5) is 4.40. The Labute approximate surface area is 157 Å². The van der Waals surface area contributed by atoms with Crippen molar-refractivity contribution in [2.45, 2.75) is 5.03 Å². The fourth-order valence-electron chi connectivity index (χ4n) is 2.87. The monoisotopic (exact) mass is 386 g/mol. The van der Waals surface area contributed by atoms with Gasteiger partial charge in [0.1, 0.15) is 0 Å². The maximum absolute atomic E-state index is 13.2. The molecule has 1 fully saturated rings. The van der Waals surface area contributed by atoms with Gasteiger partial charge in [-0.05, 0) is 12.1 Å². The second-order valence-electron chi connectivity index (χ2n) is 5.90. The van der Waals surface area contributed by atoms with Gasteiger partial charge in [0.2, 0.25) is 10.9 Å². The van der Waals surface area contributed by atoms with Gasteiger partial charge in [-0.3, -0.25) is 0 Å². The van der Waals surface area contributed by atoms with E-state index in [1.165, 1.54) is 4.31 Å². The van der Waals surface area contributed by atoms with E-state index < -0.39 is 10.0 Å². The molecular weight excluding hydrogens is 368 g/mol. The summed E-state index contributed by atoms with van der Waals surface area (Å²) in [7, 11) is -3.71. The minimum absolute atomic E-state index is 0.00514. The fourth-order valence-corrected chi connectivity index (χ4v) is 5.50. The van der Waals surface area contributed by atoms with Gasteiger partial charge in [-0.25, -0.2) is 8.42 Å². The quantitative estimate of drug-likeness (QED) is 0.683. The first-order valence-corrected chi connectivity index (χ1v) is 11.0. The summed E-state index contributed by atoms with van der Waals surface area (Å²) in [5.41, 5.74) is 1.45. The Hall–Kier alpha value is -2.09. The number of nitrogens with zero attached hydrogens (tertiary/aromatic N) is 2. The zero-order chi connectivity index (χ0) is 18.0. The molecule has 2 aromatic carbocycles. The van der Waals surface area contributed by atoms with E-state index in [9.17, 15) is 8.42 Å². The van der Waals surface area contributed by atoms with Crippen LogP contribution in [0.4, 0.5) is 0 Å². The molecule has 0 spiro atoms. The summed E-state index contributed by atoms with van der Waals surface area (Å²) in [5.74, 6) is 2.20. The van der Waals surface area contributed by atoms with Crippen LogP contribution in [0.1, 0.15) is 0 Å². The highest BCUT2D eigenvalue weighted by Gasteiger charge is 2.33. The molecular formula is C19H18N2O3S2. The normalized spacial score (nSPS) is 15.8. The predicted octanol–water partition coefficient (Wildman–Crippen LogP) is 3.75. The van der Waals surface area contributed by atoms with Crippen molar-refractivity contribution >= 4 is 21.8 Å². The summed E-state index contributed by atoms with van der Waals surface area (Å²) in [6.45, 7) is 0.990. The molecule has 4 rings (SSSR count). The topological polar surface area (TPSA) is 63.4 Å². The van der Waals surface area contributed by atoms with E-state index in [1.54, 1.807) is 11.8 Å². The van der Waals surface area contributed by atoms with Gasteiger partial charge in [0.15, 0.2) is 5.76 Å². The number of rotatable bonds is 4. The summed E-state index contributed by atoms with van der Waals surface area (Å²) >= 11 is 1.76. The van der Waals surface area contributed by atoms with Crippen molar-refractivity contribution in [1.82, 2.24) is 9.29 Å². The number of aromatic nitrogens is 1. The smallest absolute Gasteiger partial charge is 0.264 e. The molecule has 2 heterocycles. The standard InChI is InChI=1S/C19H18N2O3S2/c22-26(23,21-11-13-25-14-12-21)19-17(15-7-3-1-4-8-15)24-18(20-19)16-9-5-2-6-10-16/h1-10H,11-14H2. The molecule has 7 heteroatoms. The highest BCUT2D eigenvalue weighted by atomic mass is 32.2. The van der Waals surface area contributed by atoms with Crippen LogP contribution in [-0.4, -0.2) is 42.3 Å². The highest BCUT2D eigenvalue weighted by Crippen LogP contribution is 2.34. The number of benzene rings is 2. The van der Waals surface area contributed by atoms with Gasteiger partial charge in [0.25, 0.3) is 10.0 Å². The van der Waals surface area contributed by atoms with Gasteiger partial charge in [-0.15, -0.1) is 0 Å². The molecule has 26 heavy (non-hydrogen) atoms. The van der Waals surface area contributed by atoms with E-state index in [0.717, 1.165) is 17.1 Å². The van der Waals surface area contributed by atoms with Gasteiger partial charge < -0.3 is 4.42 Å². The van der Waals surface area contributed by atoms with Crippen LogP contribution in [0.25, 0.3) is 22.8 Å². The van der Waals surface area contributed by atoms with E-state index in [2.05, 4.69) is 4.98 Å². The molecule has 0 atom stereocenters. The number of hydrogen-bond donors (Lipinski definition) is 0. The van der Waals surface area contributed by atoms with Crippen molar-refractivity contribution in [3.63, 3.8) is 0 Å². The lowest BCUT2D eigenvalue weighted by molar-refractivity contribution is 0.441. The number of thioether (sulfide) groups is 1. The third-order valence-electron chi connectivity index (χ3n) is 4.21. The third kappa shape index (κ3) is 3.30. The molecule has 0 bridgehead atoms. The van der Waals surface area contributed by atoms with E-state index >= 15 is 0 Å². The Balaban J connectivity index is 1.86. The molecule has 1 aromatic heterocycles. The third-order valence-corrected chi connectivity index (χ3v) is 6.96. The molecule has 1 aliphatic rings. The summed E-state index contributed by atoms with van der Waals surface area (Å²) in [6, 6.07) is 18.6. The minimum atomic E-state index is -3.71. The summed E-state index contributed by atoms with van der Waals surface area (Å²) in [5, 5.41) is -0.00514. The van der Waals surface area contributed by atoms with Gasteiger partial charge >= 0.3 is 0 Å². The Morgan fingerprint density at radius 2 is 1.46 bits per heavy atom. The molecule has 1 saturated heterocycles. The zero-order valence-corrected chi connectivity index (χ0v) is 15.7. The molecule has 0 N–H and O–H groups in total. The van der Waals surface area contributed by atoms with Crippen LogP contribution in [-0.2, 0) is 10.0 Å². The van der Waals surface area contributed by atoms with Crippen molar-refractivity contribution in [3.8, 4) is 22.8 Å². The van der Waals surface area contributed by atoms with Crippen molar-refractivity contribution < 1.29 is 12.8 Å². The molecule has 0 saturated carbocycles. The van der Waals surface area contributed by atoms with Crippen molar-refractivity contribution in [1.29, 1.82) is 0 Å². The Kier molecular flexibility index (Phi) is 4.84. The lowest BCUT2D eigenvalue weighted by Crippen LogP contribution is -2.38. The highest BCUT2D eigenvalue weighted by molar-refractivity contribution is 7.99. The minimum Gasteiger partial charge on any atom is -0.435 e. The fraction of sp³-hybridized carbons (Fsp3) is 0.211. The number of sulfonamides is 1. The average molecular weight is 386 g/mol. The van der Waals surface area contributed by atoms with Crippen LogP contribution in [0, 0.1) is 0 Å². The zero-order valence-electron chi connectivity index (χ0n) is 14.0. The Bertz CT molecular complexity index is 980. The van der Waals surface area contributed by atoms with Crippen LogP contribution in [0.2, 0.25) is 0 Å². The Morgan fingerprint density at radius 3 is 2.08 bits per heavy atom. The molecule has 1 aliphatic heterocycles. The number of hydrogen-bond acceptors (Lipinski definition) is 5. The largest absolute Gasteiger partial charge is 0.435 e. The van der Waals surface area contributed by atoms with Gasteiger partial charge in [0.05, 0.1) is 0 Å². The second-order valence-corrected chi connectivity index (χ2v) is 8.98. The van der Waals surface area contributed by atoms with Crippen LogP contribution < -0.4 is 0 Å².